The van der Waals surface area contributed by atoms with Gasteiger partial charge in [-0.15, -0.1) is 0 Å². The zero-order chi connectivity index (χ0) is 13.3. The average molecular weight is 311 g/mol. The van der Waals surface area contributed by atoms with Gasteiger partial charge in [-0.25, -0.2) is 20.2 Å². The van der Waals surface area contributed by atoms with Crippen molar-refractivity contribution in [2.45, 2.75) is 13.8 Å². The highest BCUT2D eigenvalue weighted by molar-refractivity contribution is 9.10. The van der Waals surface area contributed by atoms with E-state index in [0.717, 1.165) is 15.6 Å². The molecule has 0 unspecified atom stereocenters. The molecule has 18 heavy (non-hydrogen) atoms. The number of aryl methyl sites for hydroxylation is 2. The second-order valence-electron chi connectivity index (χ2n) is 3.90. The van der Waals surface area contributed by atoms with Gasteiger partial charge in [0.15, 0.2) is 17.5 Å². The van der Waals surface area contributed by atoms with Gasteiger partial charge < -0.3 is 5.43 Å². The highest BCUT2D eigenvalue weighted by Crippen LogP contribution is 2.24. The Hall–Kier alpha value is -1.53. The standard InChI is InChI=1S/C12H12BrFN4/c1-6-5-8(3-4-9(6)13)11-16-7(2)10(14)12(17-11)18-15/h3-5H,15H2,1-2H3,(H,16,17,18). The van der Waals surface area contributed by atoms with Crippen molar-refractivity contribution in [1.29, 1.82) is 0 Å². The second kappa shape index (κ2) is 4.99. The fraction of sp³-hybridized carbons (Fsp3) is 0.167. The number of nitrogens with zero attached hydrogens (tertiary/aromatic N) is 2. The fourth-order valence-electron chi connectivity index (χ4n) is 1.57. The monoisotopic (exact) mass is 310 g/mol. The number of hydrogen-bond acceptors (Lipinski definition) is 4. The summed E-state index contributed by atoms with van der Waals surface area (Å²) in [5.74, 6) is 5.14. The molecule has 2 aromatic rings. The molecule has 0 aliphatic carbocycles. The van der Waals surface area contributed by atoms with Gasteiger partial charge in [-0.3, -0.25) is 0 Å². The lowest BCUT2D eigenvalue weighted by atomic mass is 10.1. The number of hydrogen-bond donors (Lipinski definition) is 2. The lowest BCUT2D eigenvalue weighted by molar-refractivity contribution is 0.606. The van der Waals surface area contributed by atoms with Crippen LogP contribution in [0.1, 0.15) is 11.3 Å². The molecule has 6 heteroatoms. The number of nitrogens with one attached hydrogen (secondary N) is 1. The minimum absolute atomic E-state index is 0.00179. The Morgan fingerprint density at radius 2 is 2.00 bits per heavy atom. The molecule has 94 valence electrons. The second-order valence-corrected chi connectivity index (χ2v) is 4.76. The minimum atomic E-state index is -0.532. The zero-order valence-electron chi connectivity index (χ0n) is 9.96. The van der Waals surface area contributed by atoms with Gasteiger partial charge in [0.25, 0.3) is 0 Å². The first-order valence-electron chi connectivity index (χ1n) is 5.30. The predicted molar refractivity (Wildman–Crippen MR) is 72.4 cm³/mol. The molecule has 1 aromatic carbocycles. The molecule has 0 amide bonds. The summed E-state index contributed by atoms with van der Waals surface area (Å²) in [6.45, 7) is 3.54. The van der Waals surface area contributed by atoms with E-state index in [9.17, 15) is 4.39 Å². The van der Waals surface area contributed by atoms with Crippen LogP contribution in [0, 0.1) is 19.7 Å². The van der Waals surface area contributed by atoms with Crippen LogP contribution in [0.15, 0.2) is 22.7 Å². The van der Waals surface area contributed by atoms with E-state index in [4.69, 9.17) is 5.84 Å². The molecule has 2 rings (SSSR count). The van der Waals surface area contributed by atoms with Crippen molar-refractivity contribution in [3.8, 4) is 11.4 Å². The van der Waals surface area contributed by atoms with E-state index in [-0.39, 0.29) is 11.5 Å². The van der Waals surface area contributed by atoms with E-state index in [1.807, 2.05) is 25.1 Å². The number of hydrazine groups is 1. The van der Waals surface area contributed by atoms with Gasteiger partial charge in [0.2, 0.25) is 0 Å². The quantitative estimate of drug-likeness (QED) is 0.661. The molecule has 3 N–H and O–H groups in total. The number of benzene rings is 1. The zero-order valence-corrected chi connectivity index (χ0v) is 11.5. The van der Waals surface area contributed by atoms with E-state index in [0.29, 0.717) is 5.82 Å². The van der Waals surface area contributed by atoms with Crippen LogP contribution in [-0.4, -0.2) is 9.97 Å². The van der Waals surface area contributed by atoms with Crippen LogP contribution in [0.5, 0.6) is 0 Å². The van der Waals surface area contributed by atoms with Gasteiger partial charge in [-0.2, -0.15) is 0 Å². The Morgan fingerprint density at radius 3 is 2.61 bits per heavy atom. The van der Waals surface area contributed by atoms with Gasteiger partial charge in [-0.1, -0.05) is 22.0 Å². The van der Waals surface area contributed by atoms with E-state index in [1.54, 1.807) is 6.92 Å². The Kier molecular flexibility index (Phi) is 3.58. The summed E-state index contributed by atoms with van der Waals surface area (Å²) in [4.78, 5) is 8.18. The molecule has 0 saturated carbocycles. The van der Waals surface area contributed by atoms with Crippen molar-refractivity contribution in [2.24, 2.45) is 5.84 Å². The maximum absolute atomic E-state index is 13.6. The summed E-state index contributed by atoms with van der Waals surface area (Å²) in [6, 6.07) is 5.70. The first-order chi connectivity index (χ1) is 8.52. The van der Waals surface area contributed by atoms with Gasteiger partial charge in [0.1, 0.15) is 0 Å². The summed E-state index contributed by atoms with van der Waals surface area (Å²) in [5, 5.41) is 0. The largest absolute Gasteiger partial charge is 0.306 e. The Morgan fingerprint density at radius 1 is 1.28 bits per heavy atom. The van der Waals surface area contributed by atoms with Crippen molar-refractivity contribution in [3.63, 3.8) is 0 Å². The van der Waals surface area contributed by atoms with Gasteiger partial charge in [-0.05, 0) is 31.5 Å². The average Bonchev–Trinajstić information content (AvgIpc) is 2.36. The summed E-state index contributed by atoms with van der Waals surface area (Å²) in [5.41, 5.74) is 4.37. The molecule has 0 saturated heterocycles. The predicted octanol–water partition coefficient (Wildman–Crippen LogP) is 2.95. The Bertz CT molecular complexity index is 601. The number of nitrogen functional groups attached to an aromatic ring is 1. The SMILES string of the molecule is Cc1cc(-c2nc(C)c(F)c(NN)n2)ccc1Br. The minimum Gasteiger partial charge on any atom is -0.306 e. The molecule has 0 spiro atoms. The van der Waals surface area contributed by atoms with Crippen LogP contribution in [-0.2, 0) is 0 Å². The fourth-order valence-corrected chi connectivity index (χ4v) is 1.81. The first-order valence-corrected chi connectivity index (χ1v) is 6.09. The van der Waals surface area contributed by atoms with E-state index in [2.05, 4.69) is 31.3 Å². The number of rotatable bonds is 2. The number of halogens is 2. The van der Waals surface area contributed by atoms with E-state index < -0.39 is 5.82 Å². The third-order valence-electron chi connectivity index (χ3n) is 2.57. The van der Waals surface area contributed by atoms with Crippen LogP contribution in [0.2, 0.25) is 0 Å². The molecule has 0 bridgehead atoms. The van der Waals surface area contributed by atoms with E-state index in [1.165, 1.54) is 0 Å². The molecule has 0 aliphatic rings. The topological polar surface area (TPSA) is 63.8 Å². The third kappa shape index (κ3) is 2.34. The van der Waals surface area contributed by atoms with Gasteiger partial charge >= 0.3 is 0 Å². The molecule has 1 aromatic heterocycles. The van der Waals surface area contributed by atoms with Gasteiger partial charge in [0, 0.05) is 10.0 Å². The highest BCUT2D eigenvalue weighted by Gasteiger charge is 2.12. The van der Waals surface area contributed by atoms with Crippen molar-refractivity contribution < 1.29 is 4.39 Å². The van der Waals surface area contributed by atoms with Crippen LogP contribution in [0.25, 0.3) is 11.4 Å². The molecule has 0 radical (unpaired) electrons. The van der Waals surface area contributed by atoms with Gasteiger partial charge in [0.05, 0.1) is 5.69 Å². The summed E-state index contributed by atoms with van der Waals surface area (Å²) in [7, 11) is 0. The van der Waals surface area contributed by atoms with Crippen molar-refractivity contribution in [3.05, 3.63) is 39.7 Å². The summed E-state index contributed by atoms with van der Waals surface area (Å²) < 4.78 is 14.6. The van der Waals surface area contributed by atoms with Crippen molar-refractivity contribution >= 4 is 21.7 Å². The maximum atomic E-state index is 13.6. The molecule has 4 nitrogen and oxygen atoms in total. The van der Waals surface area contributed by atoms with Crippen molar-refractivity contribution in [2.75, 3.05) is 5.43 Å². The smallest absolute Gasteiger partial charge is 0.187 e. The van der Waals surface area contributed by atoms with Crippen LogP contribution in [0.4, 0.5) is 10.2 Å². The summed E-state index contributed by atoms with van der Waals surface area (Å²) in [6.07, 6.45) is 0. The maximum Gasteiger partial charge on any atom is 0.187 e. The van der Waals surface area contributed by atoms with E-state index >= 15 is 0 Å². The summed E-state index contributed by atoms with van der Waals surface area (Å²) >= 11 is 3.42. The molecular formula is C12H12BrFN4. The Balaban J connectivity index is 2.57. The van der Waals surface area contributed by atoms with Crippen molar-refractivity contribution in [1.82, 2.24) is 9.97 Å². The number of aromatic nitrogens is 2. The normalized spacial score (nSPS) is 10.5. The molecular weight excluding hydrogens is 299 g/mol. The van der Waals surface area contributed by atoms with Crippen LogP contribution >= 0.6 is 15.9 Å². The molecule has 0 aliphatic heterocycles. The molecule has 0 fully saturated rings. The lowest BCUT2D eigenvalue weighted by Gasteiger charge is -2.08. The van der Waals surface area contributed by atoms with Crippen LogP contribution < -0.4 is 11.3 Å². The number of anilines is 1. The molecule has 1 heterocycles. The Labute approximate surface area is 113 Å². The molecule has 0 atom stereocenters. The first kappa shape index (κ1) is 12.9. The third-order valence-corrected chi connectivity index (χ3v) is 3.46. The number of nitrogens with two attached hydrogens (primary N) is 1. The highest BCUT2D eigenvalue weighted by atomic mass is 79.9. The lowest BCUT2D eigenvalue weighted by Crippen LogP contribution is -2.13. The van der Waals surface area contributed by atoms with Crippen LogP contribution in [0.3, 0.4) is 0 Å².